The van der Waals surface area contributed by atoms with Crippen LogP contribution in [0.4, 0.5) is 5.13 Å². The summed E-state index contributed by atoms with van der Waals surface area (Å²) < 4.78 is 5.92. The van der Waals surface area contributed by atoms with E-state index in [1.54, 1.807) is 18.2 Å². The summed E-state index contributed by atoms with van der Waals surface area (Å²) in [6.07, 6.45) is 0. The third kappa shape index (κ3) is 5.13. The van der Waals surface area contributed by atoms with Crippen LogP contribution in [0.3, 0.4) is 0 Å². The second-order valence-electron chi connectivity index (χ2n) is 9.04. The Morgan fingerprint density at radius 2 is 1.82 bits per heavy atom. The van der Waals surface area contributed by atoms with Crippen molar-refractivity contribution < 1.29 is 24.5 Å². The number of aromatic nitrogens is 2. The minimum absolute atomic E-state index is 0.0740. The number of ether oxygens (including phenoxy) is 1. The molecule has 0 saturated carbocycles. The van der Waals surface area contributed by atoms with Gasteiger partial charge in [-0.2, -0.15) is 0 Å². The van der Waals surface area contributed by atoms with Crippen molar-refractivity contribution in [1.82, 2.24) is 10.2 Å². The van der Waals surface area contributed by atoms with E-state index in [4.69, 9.17) is 4.74 Å². The summed E-state index contributed by atoms with van der Waals surface area (Å²) in [5.74, 6) is -1.20. The standard InChI is InChI=1S/C29H25N3O5S2/c1-16-9-10-17(2)20(13-16)25(34)23-24(19-11-12-21(33)22(14-19)37-3)32(27(36)26(23)35)28-30-31-29(39-28)38-15-18-7-5-4-6-8-18/h4-14,24,33-34H,15H2,1-3H3/b25-23+. The minimum atomic E-state index is -1.01. The number of aryl methyl sites for hydroxylation is 2. The molecule has 1 aliphatic rings. The molecule has 1 fully saturated rings. The van der Waals surface area contributed by atoms with Crippen molar-refractivity contribution in [3.8, 4) is 11.5 Å². The minimum Gasteiger partial charge on any atom is -0.507 e. The van der Waals surface area contributed by atoms with Crippen LogP contribution in [-0.4, -0.2) is 39.2 Å². The molecule has 10 heteroatoms. The van der Waals surface area contributed by atoms with Crippen LogP contribution in [0.1, 0.15) is 33.9 Å². The number of rotatable bonds is 7. The summed E-state index contributed by atoms with van der Waals surface area (Å²) in [7, 11) is 1.41. The molecule has 0 aliphatic carbocycles. The number of hydrogen-bond acceptors (Lipinski definition) is 9. The highest BCUT2D eigenvalue weighted by atomic mass is 32.2. The fourth-order valence-corrected chi connectivity index (χ4v) is 6.25. The number of amides is 1. The Bertz CT molecular complexity index is 1600. The third-order valence-corrected chi connectivity index (χ3v) is 8.55. The maximum atomic E-state index is 13.5. The molecule has 4 aromatic rings. The van der Waals surface area contributed by atoms with Gasteiger partial charge in [-0.1, -0.05) is 77.2 Å². The zero-order chi connectivity index (χ0) is 27.7. The molecular formula is C29H25N3O5S2. The van der Waals surface area contributed by atoms with Gasteiger partial charge in [-0.05, 0) is 48.7 Å². The van der Waals surface area contributed by atoms with Crippen molar-refractivity contribution in [1.29, 1.82) is 0 Å². The first-order chi connectivity index (χ1) is 18.8. The van der Waals surface area contributed by atoms with E-state index in [9.17, 15) is 19.8 Å². The highest BCUT2D eigenvalue weighted by Gasteiger charge is 2.48. The van der Waals surface area contributed by atoms with Crippen molar-refractivity contribution in [2.75, 3.05) is 12.0 Å². The SMILES string of the molecule is COc1cc(C2/C(=C(\O)c3cc(C)ccc3C)C(=O)C(=O)N2c2nnc(SCc3ccccc3)s2)ccc1O. The van der Waals surface area contributed by atoms with Crippen LogP contribution in [0.15, 0.2) is 76.6 Å². The van der Waals surface area contributed by atoms with Crippen molar-refractivity contribution in [2.45, 2.75) is 30.0 Å². The summed E-state index contributed by atoms with van der Waals surface area (Å²) in [5, 5.41) is 30.4. The molecule has 39 heavy (non-hydrogen) atoms. The Labute approximate surface area is 233 Å². The van der Waals surface area contributed by atoms with Crippen LogP contribution in [-0.2, 0) is 15.3 Å². The molecular weight excluding hydrogens is 534 g/mol. The quantitative estimate of drug-likeness (QED) is 0.0962. The van der Waals surface area contributed by atoms with Crippen LogP contribution >= 0.6 is 23.1 Å². The molecule has 1 aromatic heterocycles. The monoisotopic (exact) mass is 559 g/mol. The van der Waals surface area contributed by atoms with Gasteiger partial charge in [-0.25, -0.2) is 0 Å². The third-order valence-electron chi connectivity index (χ3n) is 6.42. The first-order valence-electron chi connectivity index (χ1n) is 12.0. The van der Waals surface area contributed by atoms with Crippen molar-refractivity contribution in [3.63, 3.8) is 0 Å². The molecule has 1 amide bonds. The maximum Gasteiger partial charge on any atom is 0.301 e. The summed E-state index contributed by atoms with van der Waals surface area (Å²) in [4.78, 5) is 28.2. The molecule has 8 nitrogen and oxygen atoms in total. The van der Waals surface area contributed by atoms with E-state index in [1.807, 2.05) is 56.3 Å². The van der Waals surface area contributed by atoms with Gasteiger partial charge in [-0.3, -0.25) is 14.5 Å². The van der Waals surface area contributed by atoms with Crippen LogP contribution in [0.25, 0.3) is 5.76 Å². The smallest absolute Gasteiger partial charge is 0.301 e. The number of anilines is 1. The number of thioether (sulfide) groups is 1. The number of phenols is 1. The van der Waals surface area contributed by atoms with E-state index in [1.165, 1.54) is 41.2 Å². The number of hydrogen-bond donors (Lipinski definition) is 2. The van der Waals surface area contributed by atoms with E-state index >= 15 is 0 Å². The molecule has 1 saturated heterocycles. The second-order valence-corrected chi connectivity index (χ2v) is 11.2. The Morgan fingerprint density at radius 3 is 2.56 bits per heavy atom. The first-order valence-corrected chi connectivity index (χ1v) is 13.8. The molecule has 1 unspecified atom stereocenters. The van der Waals surface area contributed by atoms with Crippen LogP contribution < -0.4 is 9.64 Å². The van der Waals surface area contributed by atoms with Gasteiger partial charge in [0.25, 0.3) is 5.78 Å². The number of Topliss-reactive ketones (excluding diaryl/α,β-unsaturated/α-hetero) is 1. The highest BCUT2D eigenvalue weighted by molar-refractivity contribution is 8.00. The molecule has 0 spiro atoms. The number of methoxy groups -OCH3 is 1. The Morgan fingerprint density at radius 1 is 1.05 bits per heavy atom. The molecule has 1 aliphatic heterocycles. The topological polar surface area (TPSA) is 113 Å². The number of aliphatic hydroxyl groups excluding tert-OH is 1. The number of aromatic hydroxyl groups is 1. The normalized spacial score (nSPS) is 16.6. The van der Waals surface area contributed by atoms with Gasteiger partial charge in [0.1, 0.15) is 5.76 Å². The number of ketones is 1. The Kier molecular flexibility index (Phi) is 7.40. The Balaban J connectivity index is 1.61. The molecule has 0 bridgehead atoms. The largest absolute Gasteiger partial charge is 0.507 e. The first kappa shape index (κ1) is 26.5. The van der Waals surface area contributed by atoms with Crippen molar-refractivity contribution in [2.24, 2.45) is 0 Å². The van der Waals surface area contributed by atoms with E-state index < -0.39 is 17.7 Å². The average molecular weight is 560 g/mol. The van der Waals surface area contributed by atoms with E-state index in [0.29, 0.717) is 21.2 Å². The van der Waals surface area contributed by atoms with Gasteiger partial charge < -0.3 is 14.9 Å². The number of aliphatic hydroxyl groups is 1. The molecule has 2 heterocycles. The lowest BCUT2D eigenvalue weighted by atomic mass is 9.93. The Hall–Kier alpha value is -4.15. The molecule has 198 valence electrons. The number of carbonyl (C=O) groups is 2. The van der Waals surface area contributed by atoms with Crippen LogP contribution in [0.2, 0.25) is 0 Å². The van der Waals surface area contributed by atoms with E-state index in [-0.39, 0.29) is 28.0 Å². The number of nitrogens with zero attached hydrogens (tertiary/aromatic N) is 3. The average Bonchev–Trinajstić information content (AvgIpc) is 3.51. The highest BCUT2D eigenvalue weighted by Crippen LogP contribution is 2.45. The summed E-state index contributed by atoms with van der Waals surface area (Å²) in [6.45, 7) is 3.71. The lowest BCUT2D eigenvalue weighted by Gasteiger charge is -2.23. The second kappa shape index (κ2) is 10.9. The number of phenolic OH excluding ortho intramolecular Hbond substituents is 1. The van der Waals surface area contributed by atoms with E-state index in [2.05, 4.69) is 10.2 Å². The molecule has 3 aromatic carbocycles. The van der Waals surface area contributed by atoms with Gasteiger partial charge in [0.2, 0.25) is 5.13 Å². The summed E-state index contributed by atoms with van der Waals surface area (Å²) >= 11 is 2.67. The summed E-state index contributed by atoms with van der Waals surface area (Å²) in [6, 6.07) is 19.0. The number of benzene rings is 3. The zero-order valence-corrected chi connectivity index (χ0v) is 23.0. The van der Waals surface area contributed by atoms with Crippen molar-refractivity contribution >= 4 is 45.7 Å². The van der Waals surface area contributed by atoms with Crippen molar-refractivity contribution in [3.05, 3.63) is 100 Å². The zero-order valence-electron chi connectivity index (χ0n) is 21.4. The molecule has 1 atom stereocenters. The lowest BCUT2D eigenvalue weighted by molar-refractivity contribution is -0.132. The van der Waals surface area contributed by atoms with Gasteiger partial charge in [-0.15, -0.1) is 10.2 Å². The fourth-order valence-electron chi connectivity index (χ4n) is 4.42. The lowest BCUT2D eigenvalue weighted by Crippen LogP contribution is -2.29. The fraction of sp³-hybridized carbons (Fsp3) is 0.172. The van der Waals surface area contributed by atoms with Crippen LogP contribution in [0.5, 0.6) is 11.5 Å². The maximum absolute atomic E-state index is 13.5. The van der Waals surface area contributed by atoms with Crippen LogP contribution in [0, 0.1) is 13.8 Å². The summed E-state index contributed by atoms with van der Waals surface area (Å²) in [5.41, 5.74) is 3.61. The van der Waals surface area contributed by atoms with Gasteiger partial charge in [0.05, 0.1) is 18.7 Å². The molecule has 5 rings (SSSR count). The van der Waals surface area contributed by atoms with Gasteiger partial charge >= 0.3 is 5.91 Å². The molecule has 0 radical (unpaired) electrons. The van der Waals surface area contributed by atoms with Gasteiger partial charge in [0.15, 0.2) is 15.8 Å². The number of carbonyl (C=O) groups excluding carboxylic acids is 2. The predicted molar refractivity (Wildman–Crippen MR) is 151 cm³/mol. The predicted octanol–water partition coefficient (Wildman–Crippen LogP) is 5.79. The molecule has 2 N–H and O–H groups in total. The van der Waals surface area contributed by atoms with Gasteiger partial charge in [0, 0.05) is 11.3 Å². The van der Waals surface area contributed by atoms with E-state index in [0.717, 1.165) is 16.7 Å².